The smallest absolute Gasteiger partial charge is 0.165 e. The van der Waals surface area contributed by atoms with E-state index in [2.05, 4.69) is 0 Å². The summed E-state index contributed by atoms with van der Waals surface area (Å²) in [7, 11) is 0. The number of Topliss-reactive ketones (excluding diaryl/α,β-unsaturated/α-hetero) is 21. The zero-order valence-electron chi connectivity index (χ0n) is 47.2. The van der Waals surface area contributed by atoms with E-state index in [4.69, 9.17) is 0 Å². The third-order valence-corrected chi connectivity index (χ3v) is 16.1. The highest BCUT2D eigenvalue weighted by Crippen LogP contribution is 2.76. The number of carbonyl (C=O) groups is 21. The maximum atomic E-state index is 16.1. The molecule has 77 heavy (non-hydrogen) atoms. The van der Waals surface area contributed by atoms with Crippen molar-refractivity contribution in [3.8, 4) is 0 Å². The summed E-state index contributed by atoms with van der Waals surface area (Å²) in [5.74, 6) is -41.9. The molecule has 0 atom stereocenters. The molecule has 0 spiro atoms. The molecule has 0 radical (unpaired) electrons. The molecule has 0 unspecified atom stereocenters. The van der Waals surface area contributed by atoms with Crippen LogP contribution < -0.4 is 0 Å². The number of hydrogen-bond acceptors (Lipinski definition) is 21. The van der Waals surface area contributed by atoms with Gasteiger partial charge in [-0.3, -0.25) is 101 Å². The molecule has 0 fully saturated rings. The molecular formula is C56H64O21. The monoisotopic (exact) mass is 1070 g/mol. The van der Waals surface area contributed by atoms with E-state index in [-0.39, 0.29) is 83.1 Å². The average molecular weight is 1070 g/mol. The zero-order chi connectivity index (χ0) is 61.7. The second-order valence-corrected chi connectivity index (χ2v) is 19.8. The van der Waals surface area contributed by atoms with Crippen LogP contribution in [-0.2, 0) is 86.9 Å². The molecule has 0 aromatic heterocycles. The Balaban J connectivity index is 6.92. The second kappa shape index (κ2) is 21.7. The van der Waals surface area contributed by atoms with E-state index in [0.717, 1.165) is 13.8 Å². The molecule has 1 rings (SSSR count). The van der Waals surface area contributed by atoms with Crippen LogP contribution in [0, 0.1) is 37.9 Å². The van der Waals surface area contributed by atoms with Crippen molar-refractivity contribution in [3.05, 3.63) is 33.9 Å². The van der Waals surface area contributed by atoms with Gasteiger partial charge in [0.15, 0.2) is 45.9 Å². The van der Waals surface area contributed by atoms with Gasteiger partial charge in [0.1, 0.15) is 119 Å². The van der Waals surface area contributed by atoms with Crippen molar-refractivity contribution in [2.75, 3.05) is 0 Å². The topological polar surface area (TPSA) is 358 Å². The van der Waals surface area contributed by atoms with Crippen molar-refractivity contribution in [1.29, 1.82) is 0 Å². The fourth-order valence-corrected chi connectivity index (χ4v) is 14.7. The van der Waals surface area contributed by atoms with Gasteiger partial charge in [0, 0.05) is 22.3 Å². The summed E-state index contributed by atoms with van der Waals surface area (Å²) >= 11 is 0. The van der Waals surface area contributed by atoms with Gasteiger partial charge >= 0.3 is 0 Å². The number of carbonyl (C=O) groups excluding carboxylic acids is 21. The van der Waals surface area contributed by atoms with Crippen molar-refractivity contribution in [2.45, 2.75) is 151 Å². The molecule has 0 aliphatic heterocycles. The summed E-state index contributed by atoms with van der Waals surface area (Å²) < 4.78 is 0. The van der Waals surface area contributed by atoms with Gasteiger partial charge in [-0.25, -0.2) is 0 Å². The Morgan fingerprint density at radius 3 is 0.545 bits per heavy atom. The van der Waals surface area contributed by atoms with Crippen LogP contribution in [0.5, 0.6) is 0 Å². The van der Waals surface area contributed by atoms with Gasteiger partial charge in [-0.1, -0.05) is 0 Å². The number of ketones is 21. The lowest BCUT2D eigenvalue weighted by atomic mass is 9.24. The first-order valence-electron chi connectivity index (χ1n) is 23.6. The minimum atomic E-state index is -5.04. The van der Waals surface area contributed by atoms with Gasteiger partial charge in [-0.2, -0.15) is 0 Å². The van der Waals surface area contributed by atoms with Crippen LogP contribution in [0.25, 0.3) is 0 Å². The molecule has 0 N–H and O–H groups in total. The summed E-state index contributed by atoms with van der Waals surface area (Å²) in [5.41, 5.74) is -43.7. The minimum absolute atomic E-state index is 0.172. The van der Waals surface area contributed by atoms with Gasteiger partial charge in [0.2, 0.25) is 0 Å². The summed E-state index contributed by atoms with van der Waals surface area (Å²) in [6.45, 7) is 7.32. The normalized spacial score (nSPS) is 12.5. The quantitative estimate of drug-likeness (QED) is 0.0816. The summed E-state index contributed by atoms with van der Waals surface area (Å²) in [6.07, 6.45) is 0. The van der Waals surface area contributed by atoms with Gasteiger partial charge in [0.25, 0.3) is 0 Å². The lowest BCUT2D eigenvalue weighted by Crippen LogP contribution is -2.87. The van der Waals surface area contributed by atoms with Crippen LogP contribution in [0.1, 0.15) is 192 Å². The first-order chi connectivity index (χ1) is 34.7. The van der Waals surface area contributed by atoms with Crippen LogP contribution in [0.15, 0.2) is 6.07 Å². The molecule has 1 aromatic carbocycles. The van der Waals surface area contributed by atoms with Crippen molar-refractivity contribution in [2.24, 2.45) is 37.9 Å². The number of hydrogen-bond donors (Lipinski definition) is 0. The summed E-state index contributed by atoms with van der Waals surface area (Å²) in [6, 6.07) is 0.660. The Morgan fingerprint density at radius 1 is 0.221 bits per heavy atom. The molecule has 21 nitrogen and oxygen atoms in total. The fourth-order valence-electron chi connectivity index (χ4n) is 14.7. The van der Waals surface area contributed by atoms with E-state index in [1.807, 2.05) is 0 Å². The highest BCUT2D eigenvalue weighted by molar-refractivity contribution is 6.40. The maximum Gasteiger partial charge on any atom is 0.165 e. The second-order valence-electron chi connectivity index (χ2n) is 19.8. The molecule has 0 heterocycles. The third-order valence-electron chi connectivity index (χ3n) is 16.1. The largest absolute Gasteiger partial charge is 0.299 e. The number of benzene rings is 1. The molecule has 0 amide bonds. The van der Waals surface area contributed by atoms with E-state index in [0.29, 0.717) is 54.5 Å². The maximum absolute atomic E-state index is 16.1. The van der Waals surface area contributed by atoms with Crippen molar-refractivity contribution in [3.63, 3.8) is 0 Å². The average Bonchev–Trinajstić information content (AvgIpc) is 3.22. The molecule has 0 aliphatic rings. The Labute approximate surface area is 443 Å². The van der Waals surface area contributed by atoms with Crippen molar-refractivity contribution >= 4 is 121 Å². The van der Waals surface area contributed by atoms with E-state index in [1.165, 1.54) is 0 Å². The Kier molecular flexibility index (Phi) is 19.0. The Morgan fingerprint density at radius 2 is 0.403 bits per heavy atom. The molecular weight excluding hydrogens is 1010 g/mol. The molecule has 0 saturated heterocycles. The van der Waals surface area contributed by atoms with Crippen LogP contribution in [0.4, 0.5) is 0 Å². The van der Waals surface area contributed by atoms with E-state index in [9.17, 15) is 33.6 Å². The van der Waals surface area contributed by atoms with Crippen LogP contribution in [0.2, 0.25) is 0 Å². The van der Waals surface area contributed by atoms with Gasteiger partial charge < -0.3 is 0 Å². The standard InChI is InChI=1S/C56H64O21/c1-23(57)44-22-45(24(2)58)47(26(4)60)48(46(44)25(3)59)50(30(8)64,31(9)65)52(34(12)68,35(13)69)54(38(16)72,39(17)73)56(42(20)76,43(21)77)55(40(18)74,41(19)75)53(36(14)70,37(15)71)51(32(10)66,33(11)67)49(27(5)61,28(6)62)29(7)63/h22H,1-21H3. The predicted molar refractivity (Wildman–Crippen MR) is 267 cm³/mol. The third kappa shape index (κ3) is 7.56. The van der Waals surface area contributed by atoms with Crippen molar-refractivity contribution < 1.29 is 101 Å². The van der Waals surface area contributed by atoms with Crippen LogP contribution in [-0.4, -0.2) is 121 Å². The molecule has 414 valence electrons. The molecule has 1 aromatic rings. The van der Waals surface area contributed by atoms with E-state index >= 15 is 67.1 Å². The molecule has 0 saturated carbocycles. The van der Waals surface area contributed by atoms with Crippen LogP contribution >= 0.6 is 0 Å². The highest BCUT2D eigenvalue weighted by atomic mass is 16.2. The number of rotatable bonds is 29. The minimum Gasteiger partial charge on any atom is -0.299 e. The molecule has 21 heteroatoms. The van der Waals surface area contributed by atoms with Crippen LogP contribution in [0.3, 0.4) is 0 Å². The fraction of sp³-hybridized carbons (Fsp3) is 0.518. The summed E-state index contributed by atoms with van der Waals surface area (Å²) in [5, 5.41) is 0. The van der Waals surface area contributed by atoms with Gasteiger partial charge in [-0.05, 0) is 157 Å². The van der Waals surface area contributed by atoms with Gasteiger partial charge in [0.05, 0.1) is 0 Å². The van der Waals surface area contributed by atoms with Gasteiger partial charge in [-0.15, -0.1) is 0 Å². The highest BCUT2D eigenvalue weighted by Gasteiger charge is 2.95. The Bertz CT molecular complexity index is 2900. The first kappa shape index (κ1) is 67.3. The lowest BCUT2D eigenvalue weighted by Gasteiger charge is -2.67. The van der Waals surface area contributed by atoms with E-state index < -0.39 is 193 Å². The zero-order valence-corrected chi connectivity index (χ0v) is 47.2. The molecule has 0 bridgehead atoms. The van der Waals surface area contributed by atoms with E-state index in [1.54, 1.807) is 0 Å². The predicted octanol–water partition coefficient (Wildman–Crippen LogP) is 3.65. The SMILES string of the molecule is CC(=O)c1cc(C(C)=O)c(C(C)=O)c(C(C(C)=O)(C(C)=O)C(C(C)=O)(C(C)=O)C(C(C)=O)(C(C)=O)C(C(C)=O)(C(C)=O)C(C(C)=O)(C(C)=O)C(C(C)=O)(C(C)=O)C(C(C)=O)(C(C)=O)C(C(C)=O)(C(C)=O)C(C)=O)c1C(C)=O. The first-order valence-corrected chi connectivity index (χ1v) is 23.6. The molecule has 0 aliphatic carbocycles. The van der Waals surface area contributed by atoms with Crippen molar-refractivity contribution in [1.82, 2.24) is 0 Å². The lowest BCUT2D eigenvalue weighted by molar-refractivity contribution is -0.224. The summed E-state index contributed by atoms with van der Waals surface area (Å²) in [4.78, 5) is 322. The Hall–Kier alpha value is -7.71.